The highest BCUT2D eigenvalue weighted by molar-refractivity contribution is 4.81. The molecule has 1 rings (SSSR count). The maximum absolute atomic E-state index is 9.85. The quantitative estimate of drug-likeness (QED) is 0.574. The van der Waals surface area contributed by atoms with E-state index in [1.54, 1.807) is 0 Å². The standard InChI is InChI=1S/C17H32O/c18-17-15-13-11-9-7-5-3-1-2-4-6-8-10-12-14-16-17/h1-2,17-18H,3-16H2/b2-1+. The minimum Gasteiger partial charge on any atom is -0.393 e. The van der Waals surface area contributed by atoms with Crippen molar-refractivity contribution in [1.29, 1.82) is 0 Å². The van der Waals surface area contributed by atoms with Gasteiger partial charge in [0.25, 0.3) is 0 Å². The van der Waals surface area contributed by atoms with Crippen LogP contribution >= 0.6 is 0 Å². The largest absolute Gasteiger partial charge is 0.393 e. The Morgan fingerprint density at radius 3 is 1.44 bits per heavy atom. The lowest BCUT2D eigenvalue weighted by Gasteiger charge is -2.10. The van der Waals surface area contributed by atoms with Gasteiger partial charge in [-0.15, -0.1) is 0 Å². The molecule has 18 heavy (non-hydrogen) atoms. The highest BCUT2D eigenvalue weighted by Crippen LogP contribution is 2.14. The van der Waals surface area contributed by atoms with Crippen LogP contribution < -0.4 is 0 Å². The van der Waals surface area contributed by atoms with Gasteiger partial charge in [-0.2, -0.15) is 0 Å². The summed E-state index contributed by atoms with van der Waals surface area (Å²) < 4.78 is 0. The molecule has 0 radical (unpaired) electrons. The van der Waals surface area contributed by atoms with E-state index in [0.717, 1.165) is 12.8 Å². The molecule has 0 unspecified atom stereocenters. The fourth-order valence-electron chi connectivity index (χ4n) is 2.73. The first-order valence-corrected chi connectivity index (χ1v) is 8.22. The first kappa shape index (κ1) is 15.8. The van der Waals surface area contributed by atoms with E-state index in [0.29, 0.717) is 0 Å². The van der Waals surface area contributed by atoms with Crippen molar-refractivity contribution >= 4 is 0 Å². The normalized spacial score (nSPS) is 25.4. The Morgan fingerprint density at radius 2 is 0.944 bits per heavy atom. The van der Waals surface area contributed by atoms with Crippen LogP contribution in [0.3, 0.4) is 0 Å². The summed E-state index contributed by atoms with van der Waals surface area (Å²) >= 11 is 0. The molecule has 0 aromatic heterocycles. The third kappa shape index (κ3) is 9.70. The van der Waals surface area contributed by atoms with Gasteiger partial charge in [-0.3, -0.25) is 0 Å². The van der Waals surface area contributed by atoms with Crippen LogP contribution in [0.5, 0.6) is 0 Å². The molecule has 1 heteroatoms. The number of aliphatic hydroxyl groups excluding tert-OH is 1. The predicted molar refractivity (Wildman–Crippen MR) is 79.8 cm³/mol. The Labute approximate surface area is 114 Å². The van der Waals surface area contributed by atoms with Gasteiger partial charge in [0, 0.05) is 0 Å². The van der Waals surface area contributed by atoms with Crippen LogP contribution in [0.4, 0.5) is 0 Å². The molecule has 1 N–H and O–H groups in total. The van der Waals surface area contributed by atoms with Crippen LogP contribution in [0.2, 0.25) is 0 Å². The molecule has 0 fully saturated rings. The lowest BCUT2D eigenvalue weighted by atomic mass is 10.0. The van der Waals surface area contributed by atoms with E-state index in [2.05, 4.69) is 12.2 Å². The third-order valence-corrected chi connectivity index (χ3v) is 3.98. The van der Waals surface area contributed by atoms with Gasteiger partial charge in [0.1, 0.15) is 0 Å². The first-order chi connectivity index (χ1) is 8.89. The maximum atomic E-state index is 9.85. The topological polar surface area (TPSA) is 20.2 Å². The second kappa shape index (κ2) is 11.8. The molecule has 0 heterocycles. The molecule has 1 nitrogen and oxygen atoms in total. The molecule has 0 bridgehead atoms. The lowest BCUT2D eigenvalue weighted by molar-refractivity contribution is 0.147. The van der Waals surface area contributed by atoms with Gasteiger partial charge < -0.3 is 5.11 Å². The SMILES string of the molecule is OC1CCCCCCC/C=C/CCCCCCC1. The monoisotopic (exact) mass is 252 g/mol. The zero-order chi connectivity index (χ0) is 12.9. The van der Waals surface area contributed by atoms with Crippen molar-refractivity contribution in [3.8, 4) is 0 Å². The molecule has 0 aliphatic heterocycles. The van der Waals surface area contributed by atoms with Crippen molar-refractivity contribution in [2.24, 2.45) is 0 Å². The summed E-state index contributed by atoms with van der Waals surface area (Å²) in [6, 6.07) is 0. The summed E-state index contributed by atoms with van der Waals surface area (Å²) in [6.07, 6.45) is 22.5. The van der Waals surface area contributed by atoms with Gasteiger partial charge in [0.2, 0.25) is 0 Å². The van der Waals surface area contributed by atoms with E-state index in [-0.39, 0.29) is 6.10 Å². The molecule has 0 aromatic rings. The van der Waals surface area contributed by atoms with Gasteiger partial charge in [-0.25, -0.2) is 0 Å². The number of allylic oxidation sites excluding steroid dienone is 2. The second-order valence-corrected chi connectivity index (χ2v) is 5.82. The molecule has 1 aliphatic rings. The van der Waals surface area contributed by atoms with E-state index in [1.807, 2.05) is 0 Å². The van der Waals surface area contributed by atoms with Gasteiger partial charge in [-0.1, -0.05) is 63.5 Å². The Hall–Kier alpha value is -0.300. The van der Waals surface area contributed by atoms with E-state index in [4.69, 9.17) is 0 Å². The molecule has 0 spiro atoms. The maximum Gasteiger partial charge on any atom is 0.0540 e. The first-order valence-electron chi connectivity index (χ1n) is 8.22. The Morgan fingerprint density at radius 1 is 0.556 bits per heavy atom. The number of hydrogen-bond acceptors (Lipinski definition) is 1. The van der Waals surface area contributed by atoms with Crippen LogP contribution in [-0.4, -0.2) is 11.2 Å². The van der Waals surface area contributed by atoms with Crippen LogP contribution in [0, 0.1) is 0 Å². The van der Waals surface area contributed by atoms with Gasteiger partial charge in [-0.05, 0) is 38.5 Å². The lowest BCUT2D eigenvalue weighted by Crippen LogP contribution is -2.05. The van der Waals surface area contributed by atoms with Gasteiger partial charge in [0.05, 0.1) is 6.10 Å². The highest BCUT2D eigenvalue weighted by atomic mass is 16.3. The molecule has 0 saturated carbocycles. The van der Waals surface area contributed by atoms with Crippen molar-refractivity contribution < 1.29 is 5.11 Å². The fraction of sp³-hybridized carbons (Fsp3) is 0.882. The molecule has 0 saturated heterocycles. The van der Waals surface area contributed by atoms with Gasteiger partial charge in [0.15, 0.2) is 0 Å². The molecule has 0 amide bonds. The molecular weight excluding hydrogens is 220 g/mol. The van der Waals surface area contributed by atoms with Crippen molar-refractivity contribution in [2.75, 3.05) is 0 Å². The number of aliphatic hydroxyl groups is 1. The summed E-state index contributed by atoms with van der Waals surface area (Å²) in [5.41, 5.74) is 0. The van der Waals surface area contributed by atoms with E-state index in [9.17, 15) is 5.11 Å². The van der Waals surface area contributed by atoms with Crippen molar-refractivity contribution in [3.63, 3.8) is 0 Å². The summed E-state index contributed by atoms with van der Waals surface area (Å²) in [6.45, 7) is 0. The van der Waals surface area contributed by atoms with E-state index >= 15 is 0 Å². The molecule has 0 aromatic carbocycles. The zero-order valence-electron chi connectivity index (χ0n) is 12.1. The van der Waals surface area contributed by atoms with Crippen LogP contribution in [0.1, 0.15) is 89.9 Å². The number of rotatable bonds is 0. The highest BCUT2D eigenvalue weighted by Gasteiger charge is 2.03. The predicted octanol–water partition coefficient (Wildman–Crippen LogP) is 5.38. The number of hydrogen-bond donors (Lipinski definition) is 1. The Kier molecular flexibility index (Phi) is 10.3. The second-order valence-electron chi connectivity index (χ2n) is 5.82. The van der Waals surface area contributed by atoms with Crippen LogP contribution in [0.15, 0.2) is 12.2 Å². The minimum atomic E-state index is -0.0256. The third-order valence-electron chi connectivity index (χ3n) is 3.98. The summed E-state index contributed by atoms with van der Waals surface area (Å²) in [5, 5.41) is 9.85. The van der Waals surface area contributed by atoms with Crippen molar-refractivity contribution in [1.82, 2.24) is 0 Å². The Bertz CT molecular complexity index is 178. The Balaban J connectivity index is 2.15. The average molecular weight is 252 g/mol. The summed E-state index contributed by atoms with van der Waals surface area (Å²) in [4.78, 5) is 0. The minimum absolute atomic E-state index is 0.0256. The van der Waals surface area contributed by atoms with Crippen LogP contribution in [0.25, 0.3) is 0 Å². The van der Waals surface area contributed by atoms with Crippen molar-refractivity contribution in [3.05, 3.63) is 12.2 Å². The molecule has 1 aliphatic carbocycles. The summed E-state index contributed by atoms with van der Waals surface area (Å²) in [5.74, 6) is 0. The zero-order valence-corrected chi connectivity index (χ0v) is 12.1. The van der Waals surface area contributed by atoms with Crippen LogP contribution in [-0.2, 0) is 0 Å². The van der Waals surface area contributed by atoms with Crippen molar-refractivity contribution in [2.45, 2.75) is 96.0 Å². The molecule has 0 atom stereocenters. The molecular formula is C17H32O. The average Bonchev–Trinajstić information content (AvgIpc) is 2.37. The fourth-order valence-corrected chi connectivity index (χ4v) is 2.73. The smallest absolute Gasteiger partial charge is 0.0540 e. The summed E-state index contributed by atoms with van der Waals surface area (Å²) in [7, 11) is 0. The molecule has 106 valence electrons. The van der Waals surface area contributed by atoms with E-state index in [1.165, 1.54) is 77.0 Å². The van der Waals surface area contributed by atoms with E-state index < -0.39 is 0 Å². The van der Waals surface area contributed by atoms with Gasteiger partial charge >= 0.3 is 0 Å².